The average Bonchev–Trinajstić information content (AvgIpc) is 3.13. The number of hydrogen-bond acceptors (Lipinski definition) is 3. The van der Waals surface area contributed by atoms with Crippen LogP contribution in [0.15, 0.2) is 36.5 Å². The van der Waals surface area contributed by atoms with Gasteiger partial charge in [-0.1, -0.05) is 13.8 Å². The molecule has 0 aliphatic carbocycles. The van der Waals surface area contributed by atoms with Crippen LogP contribution in [0.1, 0.15) is 42.9 Å². The highest BCUT2D eigenvalue weighted by Crippen LogP contribution is 2.48. The molecule has 33 heavy (non-hydrogen) atoms. The molecule has 0 aliphatic heterocycles. The van der Waals surface area contributed by atoms with Gasteiger partial charge in [0.05, 0.1) is 0 Å². The van der Waals surface area contributed by atoms with Crippen LogP contribution in [-0.2, 0) is 17.1 Å². The van der Waals surface area contributed by atoms with Gasteiger partial charge in [0, 0.05) is 17.1 Å². The molecule has 1 atom stereocenters. The van der Waals surface area contributed by atoms with Crippen LogP contribution in [-0.4, -0.2) is 22.7 Å². The standard InChI is InChI=1S/C22H19F6NO4/c1-3-11(2)15-9-29-18-5-4-12(6-14(15)18)33-20-16(21(23,24)25)7-13(32-10-19(30)31)8-17(20)22(26,27)28/h4-9,11,29H,3,10H2,1-2H3,(H,30,31). The number of H-pyrrole nitrogens is 1. The Morgan fingerprint density at radius 1 is 1.03 bits per heavy atom. The lowest BCUT2D eigenvalue weighted by molar-refractivity contribution is -0.145. The molecule has 0 bridgehead atoms. The van der Waals surface area contributed by atoms with Gasteiger partial charge in [-0.3, -0.25) is 0 Å². The number of fused-ring (bicyclic) bond motifs is 1. The zero-order valence-electron chi connectivity index (χ0n) is 17.4. The van der Waals surface area contributed by atoms with Gasteiger partial charge in [0.2, 0.25) is 0 Å². The molecule has 0 amide bonds. The number of rotatable bonds is 7. The van der Waals surface area contributed by atoms with E-state index in [4.69, 9.17) is 9.84 Å². The number of aromatic nitrogens is 1. The molecule has 5 nitrogen and oxygen atoms in total. The Morgan fingerprint density at radius 2 is 1.64 bits per heavy atom. The van der Waals surface area contributed by atoms with Crippen molar-refractivity contribution >= 4 is 16.9 Å². The Labute approximate surface area is 183 Å². The van der Waals surface area contributed by atoms with Gasteiger partial charge >= 0.3 is 18.3 Å². The molecule has 11 heteroatoms. The van der Waals surface area contributed by atoms with E-state index in [1.807, 2.05) is 13.8 Å². The zero-order valence-corrected chi connectivity index (χ0v) is 17.4. The first-order valence-corrected chi connectivity index (χ1v) is 9.77. The summed E-state index contributed by atoms with van der Waals surface area (Å²) in [5, 5.41) is 9.25. The van der Waals surface area contributed by atoms with Gasteiger partial charge in [-0.05, 0) is 48.2 Å². The van der Waals surface area contributed by atoms with Crippen LogP contribution in [0.3, 0.4) is 0 Å². The van der Waals surface area contributed by atoms with Crippen molar-refractivity contribution in [3.05, 3.63) is 53.2 Å². The van der Waals surface area contributed by atoms with Crippen LogP contribution in [0.4, 0.5) is 26.3 Å². The number of alkyl halides is 6. The average molecular weight is 475 g/mol. The molecule has 2 aromatic carbocycles. The van der Waals surface area contributed by atoms with Crippen LogP contribution in [0.25, 0.3) is 10.9 Å². The van der Waals surface area contributed by atoms with Crippen molar-refractivity contribution in [1.29, 1.82) is 0 Å². The highest BCUT2D eigenvalue weighted by molar-refractivity contribution is 5.85. The monoisotopic (exact) mass is 475 g/mol. The predicted molar refractivity (Wildman–Crippen MR) is 107 cm³/mol. The van der Waals surface area contributed by atoms with Crippen LogP contribution in [0.2, 0.25) is 0 Å². The fourth-order valence-electron chi connectivity index (χ4n) is 3.29. The van der Waals surface area contributed by atoms with Crippen LogP contribution >= 0.6 is 0 Å². The minimum atomic E-state index is -5.24. The first kappa shape index (κ1) is 24.3. The summed E-state index contributed by atoms with van der Waals surface area (Å²) in [6.07, 6.45) is -7.97. The number of benzene rings is 2. The first-order chi connectivity index (χ1) is 15.3. The van der Waals surface area contributed by atoms with Crippen molar-refractivity contribution in [3.63, 3.8) is 0 Å². The van der Waals surface area contributed by atoms with Crippen molar-refractivity contribution in [2.75, 3.05) is 6.61 Å². The van der Waals surface area contributed by atoms with Gasteiger partial charge < -0.3 is 19.6 Å². The molecule has 1 unspecified atom stereocenters. The quantitative estimate of drug-likeness (QED) is 0.362. The molecule has 0 saturated heterocycles. The van der Waals surface area contributed by atoms with Gasteiger partial charge in [-0.15, -0.1) is 0 Å². The lowest BCUT2D eigenvalue weighted by atomic mass is 9.98. The van der Waals surface area contributed by atoms with Crippen molar-refractivity contribution in [2.24, 2.45) is 0 Å². The second-order valence-electron chi connectivity index (χ2n) is 7.39. The van der Waals surface area contributed by atoms with Gasteiger partial charge in [0.1, 0.15) is 22.6 Å². The molecule has 3 rings (SSSR count). The Bertz CT molecular complexity index is 1130. The highest BCUT2D eigenvalue weighted by Gasteiger charge is 2.43. The molecular weight excluding hydrogens is 456 g/mol. The predicted octanol–water partition coefficient (Wildman–Crippen LogP) is 6.97. The summed E-state index contributed by atoms with van der Waals surface area (Å²) in [6.45, 7) is 2.77. The maximum Gasteiger partial charge on any atom is 0.420 e. The molecule has 0 radical (unpaired) electrons. The number of hydrogen-bond donors (Lipinski definition) is 2. The maximum absolute atomic E-state index is 13.7. The van der Waals surface area contributed by atoms with E-state index < -0.39 is 47.6 Å². The van der Waals surface area contributed by atoms with Gasteiger partial charge in [-0.2, -0.15) is 26.3 Å². The molecule has 2 N–H and O–H groups in total. The lowest BCUT2D eigenvalue weighted by Crippen LogP contribution is -2.16. The van der Waals surface area contributed by atoms with E-state index in [9.17, 15) is 31.1 Å². The Morgan fingerprint density at radius 3 is 2.15 bits per heavy atom. The highest BCUT2D eigenvalue weighted by atomic mass is 19.4. The minimum absolute atomic E-state index is 0.0936. The van der Waals surface area contributed by atoms with Crippen LogP contribution < -0.4 is 9.47 Å². The summed E-state index contributed by atoms with van der Waals surface area (Å²) in [6, 6.07) is 4.71. The fraction of sp³-hybridized carbons (Fsp3) is 0.318. The number of halogens is 6. The van der Waals surface area contributed by atoms with Crippen molar-refractivity contribution < 1.29 is 45.7 Å². The van der Waals surface area contributed by atoms with E-state index in [2.05, 4.69) is 9.72 Å². The van der Waals surface area contributed by atoms with E-state index in [1.54, 1.807) is 6.20 Å². The summed E-state index contributed by atoms with van der Waals surface area (Å²) in [5.41, 5.74) is -1.98. The molecule has 3 aromatic rings. The Balaban J connectivity index is 2.15. The molecule has 0 fully saturated rings. The van der Waals surface area contributed by atoms with E-state index >= 15 is 0 Å². The number of aromatic amines is 1. The second-order valence-corrected chi connectivity index (χ2v) is 7.39. The third kappa shape index (κ3) is 5.35. The van der Waals surface area contributed by atoms with Crippen molar-refractivity contribution in [2.45, 2.75) is 38.5 Å². The van der Waals surface area contributed by atoms with Gasteiger partial charge in [-0.25, -0.2) is 4.79 Å². The smallest absolute Gasteiger partial charge is 0.420 e. The third-order valence-electron chi connectivity index (χ3n) is 5.08. The molecule has 178 valence electrons. The van der Waals surface area contributed by atoms with Crippen LogP contribution in [0, 0.1) is 0 Å². The number of aliphatic carboxylic acids is 1. The second kappa shape index (κ2) is 8.87. The number of ether oxygens (including phenoxy) is 2. The lowest BCUT2D eigenvalue weighted by Gasteiger charge is -2.20. The third-order valence-corrected chi connectivity index (χ3v) is 5.08. The van der Waals surface area contributed by atoms with Crippen LogP contribution in [0.5, 0.6) is 17.2 Å². The summed E-state index contributed by atoms with van der Waals surface area (Å²) in [7, 11) is 0. The molecule has 1 heterocycles. The largest absolute Gasteiger partial charge is 0.482 e. The van der Waals surface area contributed by atoms with Gasteiger partial charge in [0.25, 0.3) is 0 Å². The topological polar surface area (TPSA) is 71.5 Å². The molecule has 0 saturated carbocycles. The number of nitrogens with one attached hydrogen (secondary N) is 1. The summed E-state index contributed by atoms with van der Waals surface area (Å²) >= 11 is 0. The summed E-state index contributed by atoms with van der Waals surface area (Å²) in [5.74, 6) is -4.03. The van der Waals surface area contributed by atoms with E-state index in [0.29, 0.717) is 10.9 Å². The van der Waals surface area contributed by atoms with Crippen molar-refractivity contribution in [1.82, 2.24) is 4.98 Å². The molecule has 0 aliphatic rings. The van der Waals surface area contributed by atoms with Gasteiger partial charge in [0.15, 0.2) is 12.4 Å². The number of carbonyl (C=O) groups is 1. The zero-order chi connectivity index (χ0) is 24.6. The fourth-order valence-corrected chi connectivity index (χ4v) is 3.29. The minimum Gasteiger partial charge on any atom is -0.482 e. The summed E-state index contributed by atoms with van der Waals surface area (Å²) in [4.78, 5) is 13.6. The molecule has 1 aromatic heterocycles. The first-order valence-electron chi connectivity index (χ1n) is 9.77. The number of carboxylic acids is 1. The molecular formula is C22H19F6NO4. The maximum atomic E-state index is 13.7. The molecule has 0 spiro atoms. The van der Waals surface area contributed by atoms with E-state index in [-0.39, 0.29) is 23.8 Å². The number of carboxylic acid groups (broad SMARTS) is 1. The van der Waals surface area contributed by atoms with Crippen molar-refractivity contribution in [3.8, 4) is 17.2 Å². The van der Waals surface area contributed by atoms with E-state index in [1.165, 1.54) is 18.2 Å². The SMILES string of the molecule is CCC(C)c1c[nH]c2ccc(Oc3c(C(F)(F)F)cc(OCC(=O)O)cc3C(F)(F)F)cc12. The summed E-state index contributed by atoms with van der Waals surface area (Å²) < 4.78 is 91.9. The Hall–Kier alpha value is -3.37. The normalized spacial score (nSPS) is 13.2. The Kier molecular flexibility index (Phi) is 6.53. The van der Waals surface area contributed by atoms with E-state index in [0.717, 1.165) is 12.0 Å².